The molecule has 0 saturated carbocycles. The van der Waals surface area contributed by atoms with Crippen LogP contribution in [0.5, 0.6) is 0 Å². The lowest BCUT2D eigenvalue weighted by molar-refractivity contribution is -0.278. The van der Waals surface area contributed by atoms with Gasteiger partial charge in [-0.1, -0.05) is 6.92 Å². The van der Waals surface area contributed by atoms with Crippen molar-refractivity contribution in [3.8, 4) is 0 Å². The van der Waals surface area contributed by atoms with Crippen LogP contribution in [-0.4, -0.2) is 48.8 Å². The van der Waals surface area contributed by atoms with Crippen molar-refractivity contribution in [1.29, 1.82) is 0 Å². The highest BCUT2D eigenvalue weighted by atomic mass is 19.4. The van der Waals surface area contributed by atoms with Crippen molar-refractivity contribution in [2.24, 2.45) is 5.92 Å². The molecule has 0 unspecified atom stereocenters. The number of halogens is 6. The van der Waals surface area contributed by atoms with Crippen molar-refractivity contribution in [3.05, 3.63) is 0 Å². The number of nitrogens with one attached hydrogen (secondary N) is 1. The van der Waals surface area contributed by atoms with Gasteiger partial charge < -0.3 is 10.2 Å². The zero-order valence-electron chi connectivity index (χ0n) is 10.1. The summed E-state index contributed by atoms with van der Waals surface area (Å²) in [6.07, 6.45) is -11.0. The number of amides is 1. The van der Waals surface area contributed by atoms with Crippen molar-refractivity contribution >= 4 is 5.91 Å². The van der Waals surface area contributed by atoms with E-state index in [0.717, 1.165) is 0 Å². The van der Waals surface area contributed by atoms with Gasteiger partial charge in [0.15, 0.2) is 0 Å². The van der Waals surface area contributed by atoms with Gasteiger partial charge in [-0.15, -0.1) is 0 Å². The highest BCUT2D eigenvalue weighted by Crippen LogP contribution is 2.40. The highest BCUT2D eigenvalue weighted by molar-refractivity contribution is 5.81. The molecule has 0 aromatic heterocycles. The second-order valence-electron chi connectivity index (χ2n) is 4.36. The van der Waals surface area contributed by atoms with Crippen LogP contribution in [-0.2, 0) is 4.79 Å². The van der Waals surface area contributed by atoms with Gasteiger partial charge >= 0.3 is 12.4 Å². The number of hydrogen-bond acceptors (Lipinski definition) is 2. The summed E-state index contributed by atoms with van der Waals surface area (Å²) in [4.78, 5) is 12.3. The summed E-state index contributed by atoms with van der Waals surface area (Å²) in [5.74, 6) is -5.85. The normalized spacial score (nSPS) is 17.5. The van der Waals surface area contributed by atoms with Crippen LogP contribution in [0, 0.1) is 5.92 Å². The number of carbonyl (C=O) groups excluding carboxylic acids is 1. The van der Waals surface area contributed by atoms with E-state index in [1.807, 2.05) is 0 Å². The maximum atomic E-state index is 12.5. The molecule has 0 aromatic carbocycles. The predicted molar refractivity (Wildman–Crippen MR) is 54.3 cm³/mol. The minimum Gasteiger partial charge on any atom is -0.336 e. The lowest BCUT2D eigenvalue weighted by Crippen LogP contribution is -2.62. The Kier molecular flexibility index (Phi) is 4.70. The maximum absolute atomic E-state index is 12.5. The van der Waals surface area contributed by atoms with Gasteiger partial charge in [-0.05, 0) is 6.42 Å². The molecule has 1 saturated heterocycles. The Labute approximate surface area is 105 Å². The van der Waals surface area contributed by atoms with Gasteiger partial charge in [0.2, 0.25) is 11.8 Å². The lowest BCUT2D eigenvalue weighted by atomic mass is 10.0. The van der Waals surface area contributed by atoms with E-state index in [1.54, 1.807) is 6.92 Å². The van der Waals surface area contributed by atoms with Gasteiger partial charge in [-0.3, -0.25) is 4.79 Å². The average Bonchev–Trinajstić information content (AvgIpc) is 2.09. The molecule has 0 atom stereocenters. The zero-order chi connectivity index (χ0) is 14.8. The van der Waals surface area contributed by atoms with Crippen LogP contribution in [0.25, 0.3) is 0 Å². The Balaban J connectivity index is 2.96. The zero-order valence-corrected chi connectivity index (χ0v) is 10.1. The summed E-state index contributed by atoms with van der Waals surface area (Å²) in [5.41, 5.74) is 0. The Bertz CT molecular complexity index is 309. The van der Waals surface area contributed by atoms with E-state index in [1.165, 1.54) is 0 Å². The van der Waals surface area contributed by atoms with Gasteiger partial charge in [-0.25, -0.2) is 0 Å². The molecule has 0 aromatic rings. The number of nitrogens with zero attached hydrogens (tertiary/aromatic N) is 1. The van der Waals surface area contributed by atoms with Crippen LogP contribution >= 0.6 is 0 Å². The lowest BCUT2D eigenvalue weighted by Gasteiger charge is -2.40. The van der Waals surface area contributed by atoms with E-state index in [0.29, 0.717) is 11.3 Å². The van der Waals surface area contributed by atoms with E-state index in [9.17, 15) is 31.1 Å². The molecule has 0 spiro atoms. The number of rotatable bonds is 4. The summed E-state index contributed by atoms with van der Waals surface area (Å²) in [6.45, 7) is 1.90. The topological polar surface area (TPSA) is 32.3 Å². The monoisotopic (exact) mass is 292 g/mol. The first-order valence-electron chi connectivity index (χ1n) is 5.73. The smallest absolute Gasteiger partial charge is 0.336 e. The fraction of sp³-hybridized carbons (Fsp3) is 0.900. The van der Waals surface area contributed by atoms with Crippen LogP contribution in [0.3, 0.4) is 0 Å². The molecule has 1 heterocycles. The molecule has 1 aliphatic rings. The first-order valence-corrected chi connectivity index (χ1v) is 5.73. The largest absolute Gasteiger partial charge is 0.409 e. The quantitative estimate of drug-likeness (QED) is 0.803. The molecule has 0 aliphatic carbocycles. The summed E-state index contributed by atoms with van der Waals surface area (Å²) < 4.78 is 74.8. The van der Waals surface area contributed by atoms with Crippen LogP contribution in [0.2, 0.25) is 0 Å². The van der Waals surface area contributed by atoms with Gasteiger partial charge in [0.1, 0.15) is 0 Å². The SMILES string of the molecule is CCCN(C(=O)C(C(F)(F)F)C(F)(F)F)C1CNC1. The summed E-state index contributed by atoms with van der Waals surface area (Å²) in [7, 11) is 0. The third-order valence-corrected chi connectivity index (χ3v) is 2.85. The third kappa shape index (κ3) is 3.74. The number of carbonyl (C=O) groups is 1. The Morgan fingerprint density at radius 1 is 1.21 bits per heavy atom. The minimum absolute atomic E-state index is 0.117. The van der Waals surface area contributed by atoms with Gasteiger partial charge in [0.25, 0.3) is 0 Å². The van der Waals surface area contributed by atoms with E-state index >= 15 is 0 Å². The highest BCUT2D eigenvalue weighted by Gasteiger charge is 2.62. The molecule has 1 N–H and O–H groups in total. The molecular formula is C10H14F6N2O. The van der Waals surface area contributed by atoms with Crippen LogP contribution in [0.4, 0.5) is 26.3 Å². The Morgan fingerprint density at radius 3 is 1.95 bits per heavy atom. The molecule has 1 aliphatic heterocycles. The van der Waals surface area contributed by atoms with E-state index < -0.39 is 30.2 Å². The molecule has 1 rings (SSSR count). The third-order valence-electron chi connectivity index (χ3n) is 2.85. The molecular weight excluding hydrogens is 278 g/mol. The van der Waals surface area contributed by atoms with Crippen molar-refractivity contribution in [1.82, 2.24) is 10.2 Å². The van der Waals surface area contributed by atoms with Crippen LogP contribution < -0.4 is 5.32 Å². The van der Waals surface area contributed by atoms with Gasteiger partial charge in [0, 0.05) is 19.6 Å². The second-order valence-corrected chi connectivity index (χ2v) is 4.36. The number of alkyl halides is 6. The average molecular weight is 292 g/mol. The van der Waals surface area contributed by atoms with Crippen molar-refractivity contribution in [2.75, 3.05) is 19.6 Å². The van der Waals surface area contributed by atoms with E-state index in [2.05, 4.69) is 5.32 Å². The van der Waals surface area contributed by atoms with Crippen LogP contribution in [0.15, 0.2) is 0 Å². The Morgan fingerprint density at radius 2 is 1.68 bits per heavy atom. The molecule has 0 bridgehead atoms. The summed E-state index contributed by atoms with van der Waals surface area (Å²) >= 11 is 0. The summed E-state index contributed by atoms with van der Waals surface area (Å²) in [5, 5.41) is 2.71. The molecule has 112 valence electrons. The van der Waals surface area contributed by atoms with Crippen molar-refractivity contribution < 1.29 is 31.1 Å². The Hall–Kier alpha value is -0.990. The molecule has 19 heavy (non-hydrogen) atoms. The summed E-state index contributed by atoms with van der Waals surface area (Å²) in [6, 6.07) is -0.598. The molecule has 3 nitrogen and oxygen atoms in total. The van der Waals surface area contributed by atoms with Crippen LogP contribution in [0.1, 0.15) is 13.3 Å². The minimum atomic E-state index is -5.63. The molecule has 0 radical (unpaired) electrons. The standard InChI is InChI=1S/C10H14F6N2O/c1-2-3-18(6-4-17-5-6)8(19)7(9(11,12)13)10(14,15)16/h6-7,17H,2-5H2,1H3. The fourth-order valence-electron chi connectivity index (χ4n) is 1.84. The van der Waals surface area contributed by atoms with Gasteiger partial charge in [-0.2, -0.15) is 26.3 Å². The molecule has 1 fully saturated rings. The van der Waals surface area contributed by atoms with E-state index in [-0.39, 0.29) is 19.6 Å². The predicted octanol–water partition coefficient (Wildman–Crippen LogP) is 1.94. The van der Waals surface area contributed by atoms with Crippen molar-refractivity contribution in [3.63, 3.8) is 0 Å². The fourth-order valence-corrected chi connectivity index (χ4v) is 1.84. The molecule has 1 amide bonds. The number of hydrogen-bond donors (Lipinski definition) is 1. The van der Waals surface area contributed by atoms with Crippen molar-refractivity contribution in [2.45, 2.75) is 31.7 Å². The van der Waals surface area contributed by atoms with Gasteiger partial charge in [0.05, 0.1) is 6.04 Å². The second kappa shape index (κ2) is 5.56. The first-order chi connectivity index (χ1) is 8.59. The maximum Gasteiger partial charge on any atom is 0.409 e. The first kappa shape index (κ1) is 16.1. The molecule has 9 heteroatoms. The van der Waals surface area contributed by atoms with E-state index in [4.69, 9.17) is 0 Å².